The van der Waals surface area contributed by atoms with E-state index in [1.165, 1.54) is 20.2 Å². The number of nitrogens with one attached hydrogen (secondary N) is 5. The van der Waals surface area contributed by atoms with Crippen LogP contribution in [0.25, 0.3) is 0 Å². The Bertz CT molecular complexity index is 2020. The van der Waals surface area contributed by atoms with E-state index >= 15 is 0 Å². The highest BCUT2D eigenvalue weighted by Gasteiger charge is 2.60. The van der Waals surface area contributed by atoms with E-state index in [1.807, 2.05) is 20.8 Å². The van der Waals surface area contributed by atoms with E-state index in [0.29, 0.717) is 52.7 Å². The summed E-state index contributed by atoms with van der Waals surface area (Å²) in [6.45, 7) is 8.92. The highest BCUT2D eigenvalue weighted by Crippen LogP contribution is 2.61. The summed E-state index contributed by atoms with van der Waals surface area (Å²) in [5.41, 5.74) is -0.373. The molecule has 2 heterocycles. The van der Waals surface area contributed by atoms with Crippen LogP contribution in [0.1, 0.15) is 80.8 Å². The fourth-order valence-corrected chi connectivity index (χ4v) is 9.80. The number of ether oxygens (including phenoxy) is 2. The maximum Gasteiger partial charge on any atom is 0.421 e. The van der Waals surface area contributed by atoms with Crippen molar-refractivity contribution in [1.82, 2.24) is 25.5 Å². The lowest BCUT2D eigenvalue weighted by Crippen LogP contribution is -2.61. The summed E-state index contributed by atoms with van der Waals surface area (Å²) in [5.74, 6) is 0.432. The first kappa shape index (κ1) is 40.1. The van der Waals surface area contributed by atoms with E-state index in [0.717, 1.165) is 51.6 Å². The van der Waals surface area contributed by atoms with Crippen LogP contribution in [-0.2, 0) is 15.7 Å². The SMILES string of the molecule is CNC(=O)c1cccc(C)c1Nc1nc(Nc2ccc(NC(=O)C34CC5CC(C3)C(N3CC[C@H](NC(=O)OC(C)(C)C)C3)C(C5)C4)cc2OC)ncc1C(F)(F)F. The van der Waals surface area contributed by atoms with Gasteiger partial charge in [-0.15, -0.1) is 0 Å². The lowest BCUT2D eigenvalue weighted by molar-refractivity contribution is -0.150. The Hall–Kier alpha value is -5.12. The molecule has 8 rings (SSSR count). The molecule has 16 heteroatoms. The molecule has 5 fully saturated rings. The van der Waals surface area contributed by atoms with Crippen LogP contribution in [0, 0.1) is 30.1 Å². The van der Waals surface area contributed by atoms with Crippen molar-refractivity contribution in [2.45, 2.75) is 90.1 Å². The summed E-state index contributed by atoms with van der Waals surface area (Å²) in [6, 6.07) is 10.3. The van der Waals surface area contributed by atoms with Crippen molar-refractivity contribution in [2.24, 2.45) is 23.2 Å². The number of likely N-dealkylation sites (tertiary alicyclic amines) is 1. The van der Waals surface area contributed by atoms with Crippen molar-refractivity contribution < 1.29 is 37.0 Å². The van der Waals surface area contributed by atoms with Gasteiger partial charge in [-0.3, -0.25) is 14.5 Å². The zero-order valence-electron chi connectivity index (χ0n) is 33.1. The van der Waals surface area contributed by atoms with Crippen LogP contribution in [0.2, 0.25) is 0 Å². The van der Waals surface area contributed by atoms with Gasteiger partial charge >= 0.3 is 12.3 Å². The molecule has 0 spiro atoms. The first-order chi connectivity index (χ1) is 26.9. The monoisotopic (exact) mass is 792 g/mol. The number of methoxy groups -OCH3 is 1. The number of halogens is 3. The number of aromatic nitrogens is 2. The van der Waals surface area contributed by atoms with Gasteiger partial charge in [-0.25, -0.2) is 9.78 Å². The van der Waals surface area contributed by atoms with E-state index in [-0.39, 0.29) is 35.2 Å². The minimum Gasteiger partial charge on any atom is -0.494 e. The number of alkyl carbamates (subject to hydrolysis) is 1. The second-order valence-corrected chi connectivity index (χ2v) is 17.0. The van der Waals surface area contributed by atoms with Gasteiger partial charge in [0.15, 0.2) is 0 Å². The smallest absolute Gasteiger partial charge is 0.421 e. The summed E-state index contributed by atoms with van der Waals surface area (Å²) in [7, 11) is 2.89. The number of rotatable bonds is 10. The molecule has 2 aromatic carbocycles. The predicted molar refractivity (Wildman–Crippen MR) is 209 cm³/mol. The van der Waals surface area contributed by atoms with Gasteiger partial charge in [-0.1, -0.05) is 12.1 Å². The molecule has 3 aromatic rings. The standard InChI is InChI=1S/C41H51F3N8O5/c1-22-8-7-9-28(35(53)45-5)32(22)50-34-29(41(42,43)44)20-46-37(51-34)49-30-11-10-26(16-31(30)56-6)47-36(54)40-17-23-14-24(18-40)33(25(15-23)19-40)52-13-12-27(21-52)48-38(55)57-39(2,3)4/h7-11,16,20,23-25,27,33H,12-15,17-19,21H2,1-6H3,(H,45,53)(H,47,54)(H,48,55)(H2,46,49,50,51)/t23?,24?,25?,27-,33?,40?/m0/s1. The molecule has 3 atom stereocenters. The number of nitrogens with zero attached hydrogens (tertiary/aromatic N) is 3. The minimum atomic E-state index is -4.79. The zero-order valence-corrected chi connectivity index (χ0v) is 33.1. The van der Waals surface area contributed by atoms with E-state index in [4.69, 9.17) is 9.47 Å². The molecule has 4 aliphatic carbocycles. The second kappa shape index (κ2) is 15.3. The molecule has 306 valence electrons. The summed E-state index contributed by atoms with van der Waals surface area (Å²) >= 11 is 0. The molecular weight excluding hydrogens is 741 g/mol. The van der Waals surface area contributed by atoms with Gasteiger partial charge in [0.25, 0.3) is 5.91 Å². The van der Waals surface area contributed by atoms with Gasteiger partial charge in [-0.05, 0) is 108 Å². The van der Waals surface area contributed by atoms with Crippen LogP contribution < -0.4 is 31.3 Å². The number of carbonyl (C=O) groups excluding carboxylic acids is 3. The number of para-hydroxylation sites is 1. The molecule has 3 amide bonds. The molecule has 4 saturated carbocycles. The summed E-state index contributed by atoms with van der Waals surface area (Å²) in [4.78, 5) is 49.8. The molecule has 0 radical (unpaired) electrons. The van der Waals surface area contributed by atoms with Crippen LogP contribution in [0.4, 0.5) is 46.8 Å². The molecule has 57 heavy (non-hydrogen) atoms. The van der Waals surface area contributed by atoms with Gasteiger partial charge < -0.3 is 36.1 Å². The average Bonchev–Trinajstić information content (AvgIpc) is 3.58. The minimum absolute atomic E-state index is 0.0110. The van der Waals surface area contributed by atoms with E-state index in [1.54, 1.807) is 37.3 Å². The Morgan fingerprint density at radius 1 is 1.00 bits per heavy atom. The first-order valence-corrected chi connectivity index (χ1v) is 19.5. The molecule has 4 bridgehead atoms. The van der Waals surface area contributed by atoms with E-state index < -0.39 is 34.5 Å². The second-order valence-electron chi connectivity index (χ2n) is 17.0. The quantitative estimate of drug-likeness (QED) is 0.140. The first-order valence-electron chi connectivity index (χ1n) is 19.5. The number of amides is 3. The lowest BCUT2D eigenvalue weighted by atomic mass is 9.47. The normalized spacial score (nSPS) is 25.5. The Balaban J connectivity index is 1.04. The molecule has 1 aliphatic heterocycles. The van der Waals surface area contributed by atoms with Gasteiger partial charge in [0, 0.05) is 50.2 Å². The molecule has 13 nitrogen and oxygen atoms in total. The summed E-state index contributed by atoms with van der Waals surface area (Å²) in [5, 5.41) is 14.4. The number of alkyl halides is 3. The topological polar surface area (TPSA) is 159 Å². The van der Waals surface area contributed by atoms with Gasteiger partial charge in [0.05, 0.1) is 29.5 Å². The van der Waals surface area contributed by atoms with Gasteiger partial charge in [0.1, 0.15) is 22.7 Å². The summed E-state index contributed by atoms with van der Waals surface area (Å²) < 4.78 is 53.5. The maximum atomic E-state index is 14.2. The van der Waals surface area contributed by atoms with Crippen LogP contribution in [-0.4, -0.2) is 77.7 Å². The Morgan fingerprint density at radius 2 is 1.74 bits per heavy atom. The maximum absolute atomic E-state index is 14.2. The van der Waals surface area contributed by atoms with Gasteiger partial charge in [-0.2, -0.15) is 18.2 Å². The van der Waals surface area contributed by atoms with Gasteiger partial charge in [0.2, 0.25) is 11.9 Å². The third-order valence-electron chi connectivity index (χ3n) is 11.9. The van der Waals surface area contributed by atoms with E-state index in [2.05, 4.69) is 41.5 Å². The van der Waals surface area contributed by atoms with Crippen molar-refractivity contribution in [2.75, 3.05) is 43.2 Å². The fourth-order valence-electron chi connectivity index (χ4n) is 9.80. The number of hydrogen-bond donors (Lipinski definition) is 5. The Kier molecular flexibility index (Phi) is 10.8. The molecule has 5 N–H and O–H groups in total. The average molecular weight is 793 g/mol. The van der Waals surface area contributed by atoms with Crippen molar-refractivity contribution in [3.8, 4) is 5.75 Å². The molecule has 2 unspecified atom stereocenters. The molecule has 5 aliphatic rings. The van der Waals surface area contributed by atoms with Crippen molar-refractivity contribution in [3.05, 3.63) is 59.3 Å². The van der Waals surface area contributed by atoms with Crippen LogP contribution in [0.3, 0.4) is 0 Å². The highest BCUT2D eigenvalue weighted by molar-refractivity contribution is 6.01. The number of carbonyl (C=O) groups is 3. The molecule has 1 saturated heterocycles. The fraction of sp³-hybridized carbons (Fsp3) is 0.537. The largest absolute Gasteiger partial charge is 0.494 e. The predicted octanol–water partition coefficient (Wildman–Crippen LogP) is 7.39. The summed E-state index contributed by atoms with van der Waals surface area (Å²) in [6.07, 6.45) is 1.05. The van der Waals surface area contributed by atoms with Crippen molar-refractivity contribution in [1.29, 1.82) is 0 Å². The van der Waals surface area contributed by atoms with Crippen LogP contribution in [0.15, 0.2) is 42.6 Å². The third-order valence-corrected chi connectivity index (χ3v) is 11.9. The lowest BCUT2D eigenvalue weighted by Gasteiger charge is -2.61. The number of benzene rings is 2. The zero-order chi connectivity index (χ0) is 40.9. The number of anilines is 5. The number of hydrogen-bond acceptors (Lipinski definition) is 10. The van der Waals surface area contributed by atoms with Crippen LogP contribution in [0.5, 0.6) is 5.75 Å². The number of aryl methyl sites for hydroxylation is 1. The third kappa shape index (κ3) is 8.46. The highest BCUT2D eigenvalue weighted by atomic mass is 19.4. The molecule has 1 aromatic heterocycles. The van der Waals surface area contributed by atoms with E-state index in [9.17, 15) is 27.6 Å². The Labute approximate surface area is 330 Å². The molecular formula is C41H51F3N8O5. The van der Waals surface area contributed by atoms with Crippen molar-refractivity contribution in [3.63, 3.8) is 0 Å². The van der Waals surface area contributed by atoms with Crippen molar-refractivity contribution >= 4 is 46.7 Å². The Morgan fingerprint density at radius 3 is 2.40 bits per heavy atom. The van der Waals surface area contributed by atoms with Crippen LogP contribution >= 0.6 is 0 Å².